The lowest BCUT2D eigenvalue weighted by molar-refractivity contribution is 0.102. The molecule has 4 aromatic rings. The number of hydrogen-bond acceptors (Lipinski definition) is 5. The van der Waals surface area contributed by atoms with E-state index >= 15 is 0 Å². The molecule has 0 bridgehead atoms. The Bertz CT molecular complexity index is 1350. The molecule has 1 atom stereocenters. The van der Waals surface area contributed by atoms with Crippen LogP contribution in [-0.4, -0.2) is 26.9 Å². The van der Waals surface area contributed by atoms with Crippen molar-refractivity contribution in [2.24, 2.45) is 0 Å². The first-order chi connectivity index (χ1) is 14.7. The maximum Gasteiger partial charge on any atom is 0.259 e. The van der Waals surface area contributed by atoms with E-state index in [0.29, 0.717) is 23.9 Å². The molecule has 8 heteroatoms. The van der Waals surface area contributed by atoms with Gasteiger partial charge in [0.1, 0.15) is 11.6 Å². The minimum atomic E-state index is -0.168. The van der Waals surface area contributed by atoms with Crippen LogP contribution in [0.2, 0.25) is 0 Å². The van der Waals surface area contributed by atoms with Gasteiger partial charge in [-0.2, -0.15) is 0 Å². The second-order valence-corrected chi connectivity index (χ2v) is 7.98. The summed E-state index contributed by atoms with van der Waals surface area (Å²) in [4.78, 5) is 21.8. The molecule has 1 amide bonds. The smallest absolute Gasteiger partial charge is 0.259 e. The van der Waals surface area contributed by atoms with Crippen molar-refractivity contribution in [1.82, 2.24) is 14.4 Å². The maximum atomic E-state index is 12.8. The van der Waals surface area contributed by atoms with E-state index in [0.717, 1.165) is 40.7 Å². The largest absolute Gasteiger partial charge is 0.493 e. The fourth-order valence-corrected chi connectivity index (χ4v) is 4.65. The van der Waals surface area contributed by atoms with Crippen molar-refractivity contribution in [2.45, 2.75) is 13.0 Å². The molecule has 7 nitrogen and oxygen atoms in total. The molecule has 1 unspecified atom stereocenters. The lowest BCUT2D eigenvalue weighted by Crippen LogP contribution is -2.13. The summed E-state index contributed by atoms with van der Waals surface area (Å²) in [5.41, 5.74) is 5.62. The van der Waals surface area contributed by atoms with Gasteiger partial charge in [-0.05, 0) is 35.1 Å². The molecule has 148 valence electrons. The first-order valence-corrected chi connectivity index (χ1v) is 10.3. The van der Waals surface area contributed by atoms with Gasteiger partial charge in [0.2, 0.25) is 5.95 Å². The van der Waals surface area contributed by atoms with Crippen LogP contribution in [0.4, 0.5) is 11.8 Å². The summed E-state index contributed by atoms with van der Waals surface area (Å²) in [6, 6.07) is 9.71. The SMILES string of the molecule is O=C1Nc2ncccc2-c2cnc(NCc3c(P)ccc4c3CCO4)n3ccc1c23. The van der Waals surface area contributed by atoms with Gasteiger partial charge in [0, 0.05) is 48.2 Å². The third kappa shape index (κ3) is 2.52. The van der Waals surface area contributed by atoms with Gasteiger partial charge >= 0.3 is 0 Å². The van der Waals surface area contributed by atoms with Crippen molar-refractivity contribution in [2.75, 3.05) is 17.2 Å². The zero-order chi connectivity index (χ0) is 20.2. The van der Waals surface area contributed by atoms with Crippen LogP contribution in [0.25, 0.3) is 16.6 Å². The van der Waals surface area contributed by atoms with Gasteiger partial charge in [0.15, 0.2) is 0 Å². The third-order valence-corrected chi connectivity index (χ3v) is 6.26. The zero-order valence-corrected chi connectivity index (χ0v) is 17.1. The molecule has 6 rings (SSSR count). The first-order valence-electron chi connectivity index (χ1n) is 9.74. The van der Waals surface area contributed by atoms with Crippen LogP contribution in [0.1, 0.15) is 21.5 Å². The minimum absolute atomic E-state index is 0.168. The van der Waals surface area contributed by atoms with Crippen LogP contribution < -0.4 is 20.7 Å². The minimum Gasteiger partial charge on any atom is -0.493 e. The fourth-order valence-electron chi connectivity index (χ4n) is 4.28. The average molecular weight is 415 g/mol. The molecular formula is C22H18N5O2P. The number of nitrogens with zero attached hydrogens (tertiary/aromatic N) is 3. The van der Waals surface area contributed by atoms with E-state index in [1.165, 1.54) is 11.1 Å². The Morgan fingerprint density at radius 3 is 3.03 bits per heavy atom. The van der Waals surface area contributed by atoms with E-state index in [9.17, 15) is 4.79 Å². The van der Waals surface area contributed by atoms with Crippen molar-refractivity contribution in [1.29, 1.82) is 0 Å². The van der Waals surface area contributed by atoms with Crippen molar-refractivity contribution in [3.63, 3.8) is 0 Å². The van der Waals surface area contributed by atoms with Crippen LogP contribution >= 0.6 is 9.24 Å². The highest BCUT2D eigenvalue weighted by Gasteiger charge is 2.25. The van der Waals surface area contributed by atoms with Crippen LogP contribution in [0, 0.1) is 0 Å². The number of aromatic nitrogens is 3. The molecular weight excluding hydrogens is 397 g/mol. The summed E-state index contributed by atoms with van der Waals surface area (Å²) in [7, 11) is 2.80. The van der Waals surface area contributed by atoms with E-state index in [1.54, 1.807) is 6.20 Å². The summed E-state index contributed by atoms with van der Waals surface area (Å²) in [6.45, 7) is 1.34. The van der Waals surface area contributed by atoms with Gasteiger partial charge < -0.3 is 15.4 Å². The molecule has 1 aromatic carbocycles. The lowest BCUT2D eigenvalue weighted by atomic mass is 10.0. The highest BCUT2D eigenvalue weighted by molar-refractivity contribution is 7.27. The summed E-state index contributed by atoms with van der Waals surface area (Å²) in [5, 5.41) is 7.50. The van der Waals surface area contributed by atoms with Crippen molar-refractivity contribution in [3.8, 4) is 16.9 Å². The molecule has 2 N–H and O–H groups in total. The van der Waals surface area contributed by atoms with E-state index in [1.807, 2.05) is 41.1 Å². The molecule has 5 heterocycles. The number of carbonyl (C=O) groups excluding carboxylic acids is 1. The quantitative estimate of drug-likeness (QED) is 0.503. The third-order valence-electron chi connectivity index (χ3n) is 5.72. The normalized spacial score (nSPS) is 14.0. The van der Waals surface area contributed by atoms with Crippen molar-refractivity contribution in [3.05, 3.63) is 65.6 Å². The Morgan fingerprint density at radius 2 is 2.10 bits per heavy atom. The summed E-state index contributed by atoms with van der Waals surface area (Å²) >= 11 is 0. The predicted molar refractivity (Wildman–Crippen MR) is 119 cm³/mol. The molecule has 3 aromatic heterocycles. The van der Waals surface area contributed by atoms with Gasteiger partial charge in [0.25, 0.3) is 5.91 Å². The number of fused-ring (bicyclic) bond motifs is 3. The Balaban J connectivity index is 1.44. The molecule has 0 aliphatic carbocycles. The van der Waals surface area contributed by atoms with Crippen LogP contribution in [-0.2, 0) is 13.0 Å². The fraction of sp³-hybridized carbons (Fsp3) is 0.136. The highest BCUT2D eigenvalue weighted by atomic mass is 31.0. The van der Waals surface area contributed by atoms with E-state index in [-0.39, 0.29) is 5.91 Å². The number of carbonyl (C=O) groups is 1. The standard InChI is InChI=1S/C22H18N5O2P/c28-21-14-5-8-27-19(14)16(13-2-1-7-23-20(13)26-21)11-25-22(27)24-10-15-12-6-9-29-17(12)3-4-18(15)30/h1-5,7-8,11H,6,9-10,30H2,(H,24,25)(H,23,26,28). The monoisotopic (exact) mass is 415 g/mol. The first kappa shape index (κ1) is 17.4. The number of pyridine rings is 1. The molecule has 30 heavy (non-hydrogen) atoms. The number of ether oxygens (including phenoxy) is 1. The Labute approximate surface area is 174 Å². The molecule has 0 radical (unpaired) electrons. The van der Waals surface area contributed by atoms with E-state index in [2.05, 4.69) is 35.9 Å². The number of rotatable bonds is 3. The molecule has 0 saturated carbocycles. The van der Waals surface area contributed by atoms with Gasteiger partial charge in [-0.25, -0.2) is 9.97 Å². The summed E-state index contributed by atoms with van der Waals surface area (Å²) in [5.74, 6) is 2.02. The summed E-state index contributed by atoms with van der Waals surface area (Å²) in [6.07, 6.45) is 6.27. The Hall–Kier alpha value is -3.44. The van der Waals surface area contributed by atoms with E-state index < -0.39 is 0 Å². The molecule has 2 aliphatic rings. The van der Waals surface area contributed by atoms with Crippen LogP contribution in [0.3, 0.4) is 0 Å². The average Bonchev–Trinajstić information content (AvgIpc) is 3.38. The number of nitrogens with one attached hydrogen (secondary N) is 2. The molecule has 0 saturated heterocycles. The van der Waals surface area contributed by atoms with Crippen LogP contribution in [0.15, 0.2) is 48.9 Å². The number of anilines is 2. The van der Waals surface area contributed by atoms with Gasteiger partial charge in [-0.1, -0.05) is 6.07 Å². The topological polar surface area (TPSA) is 80.5 Å². The predicted octanol–water partition coefficient (Wildman–Crippen LogP) is 3.01. The van der Waals surface area contributed by atoms with Crippen molar-refractivity contribution >= 4 is 37.7 Å². The molecule has 0 fully saturated rings. The Kier molecular flexibility index (Phi) is 3.80. The number of hydrogen-bond donors (Lipinski definition) is 2. The van der Waals surface area contributed by atoms with Crippen molar-refractivity contribution < 1.29 is 9.53 Å². The Morgan fingerprint density at radius 1 is 1.17 bits per heavy atom. The van der Waals surface area contributed by atoms with Gasteiger partial charge in [-0.3, -0.25) is 9.20 Å². The van der Waals surface area contributed by atoms with Gasteiger partial charge in [-0.15, -0.1) is 9.24 Å². The molecule has 2 aliphatic heterocycles. The van der Waals surface area contributed by atoms with E-state index in [4.69, 9.17) is 4.74 Å². The molecule has 0 spiro atoms. The number of amides is 1. The van der Waals surface area contributed by atoms with Gasteiger partial charge in [0.05, 0.1) is 17.7 Å². The van der Waals surface area contributed by atoms with Crippen LogP contribution in [0.5, 0.6) is 5.75 Å². The second-order valence-electron chi connectivity index (χ2n) is 7.36. The maximum absolute atomic E-state index is 12.8. The number of benzene rings is 1. The summed E-state index contributed by atoms with van der Waals surface area (Å²) < 4.78 is 7.65. The highest BCUT2D eigenvalue weighted by Crippen LogP contribution is 2.36. The second kappa shape index (κ2) is 6.54. The lowest BCUT2D eigenvalue weighted by Gasteiger charge is -2.14. The zero-order valence-electron chi connectivity index (χ0n) is 16.0.